The molecule has 0 N–H and O–H groups in total. The molecule has 1 aromatic carbocycles. The van der Waals surface area contributed by atoms with Crippen LogP contribution in [0.5, 0.6) is 5.75 Å². The lowest BCUT2D eigenvalue weighted by atomic mass is 10.0. The molecule has 4 heteroatoms. The monoisotopic (exact) mass is 276 g/mol. The van der Waals surface area contributed by atoms with Gasteiger partial charge in [0.25, 0.3) is 0 Å². The van der Waals surface area contributed by atoms with Crippen LogP contribution < -0.4 is 4.74 Å². The number of nitrogens with zero attached hydrogens (tertiary/aromatic N) is 2. The summed E-state index contributed by atoms with van der Waals surface area (Å²) in [5.41, 5.74) is 0.735. The minimum absolute atomic E-state index is 0.173. The second-order valence-electron chi connectivity index (χ2n) is 5.63. The largest absolute Gasteiger partial charge is 0.497 e. The van der Waals surface area contributed by atoms with Gasteiger partial charge in [-0.3, -0.25) is 9.69 Å². The van der Waals surface area contributed by atoms with Crippen LogP contribution in [0.3, 0.4) is 0 Å². The average Bonchev–Trinajstić information content (AvgIpc) is 2.47. The van der Waals surface area contributed by atoms with Crippen LogP contribution in [0.4, 0.5) is 0 Å². The number of rotatable bonds is 5. The molecule has 0 aromatic heterocycles. The zero-order chi connectivity index (χ0) is 14.5. The molecule has 0 saturated carbocycles. The highest BCUT2D eigenvalue weighted by Crippen LogP contribution is 2.16. The van der Waals surface area contributed by atoms with E-state index in [4.69, 9.17) is 4.74 Å². The van der Waals surface area contributed by atoms with Gasteiger partial charge in [0.1, 0.15) is 5.75 Å². The zero-order valence-corrected chi connectivity index (χ0v) is 12.6. The predicted octanol–water partition coefficient (Wildman–Crippen LogP) is 1.90. The van der Waals surface area contributed by atoms with Crippen molar-refractivity contribution >= 4 is 5.78 Å². The number of likely N-dealkylation sites (tertiary alicyclic amines) is 1. The van der Waals surface area contributed by atoms with E-state index in [-0.39, 0.29) is 5.78 Å². The second-order valence-corrected chi connectivity index (χ2v) is 5.63. The Morgan fingerprint density at radius 2 is 2.05 bits per heavy atom. The summed E-state index contributed by atoms with van der Waals surface area (Å²) in [6.07, 6.45) is 2.27. The van der Waals surface area contributed by atoms with Crippen molar-refractivity contribution in [1.82, 2.24) is 9.80 Å². The highest BCUT2D eigenvalue weighted by atomic mass is 16.5. The maximum atomic E-state index is 12.3. The Morgan fingerprint density at radius 3 is 2.65 bits per heavy atom. The van der Waals surface area contributed by atoms with Crippen molar-refractivity contribution in [3.05, 3.63) is 29.8 Å². The quantitative estimate of drug-likeness (QED) is 0.769. The Labute approximate surface area is 121 Å². The first-order chi connectivity index (χ1) is 9.60. The summed E-state index contributed by atoms with van der Waals surface area (Å²) in [5, 5.41) is 0. The SMILES string of the molecule is COc1cccc(C(=O)CN2CCC(N(C)C)CC2)c1. The molecule has 0 amide bonds. The molecule has 1 heterocycles. The molecule has 4 nitrogen and oxygen atoms in total. The van der Waals surface area contributed by atoms with Gasteiger partial charge in [-0.2, -0.15) is 0 Å². The number of benzene rings is 1. The minimum atomic E-state index is 0.173. The number of methoxy groups -OCH3 is 1. The molecule has 1 aliphatic heterocycles. The van der Waals surface area contributed by atoms with E-state index in [0.29, 0.717) is 12.6 Å². The van der Waals surface area contributed by atoms with Crippen molar-refractivity contribution in [3.8, 4) is 5.75 Å². The van der Waals surface area contributed by atoms with Crippen molar-refractivity contribution in [2.75, 3.05) is 40.8 Å². The average molecular weight is 276 g/mol. The van der Waals surface area contributed by atoms with Gasteiger partial charge in [-0.1, -0.05) is 12.1 Å². The third-order valence-corrected chi connectivity index (χ3v) is 4.05. The third kappa shape index (κ3) is 3.81. The fourth-order valence-electron chi connectivity index (χ4n) is 2.68. The third-order valence-electron chi connectivity index (χ3n) is 4.05. The van der Waals surface area contributed by atoms with Gasteiger partial charge in [0.05, 0.1) is 13.7 Å². The zero-order valence-electron chi connectivity index (χ0n) is 12.6. The molecule has 20 heavy (non-hydrogen) atoms. The summed E-state index contributed by atoms with van der Waals surface area (Å²) in [6, 6.07) is 8.05. The van der Waals surface area contributed by atoms with Crippen LogP contribution in [0, 0.1) is 0 Å². The van der Waals surface area contributed by atoms with Gasteiger partial charge in [0.15, 0.2) is 5.78 Å². The number of ether oxygens (including phenoxy) is 1. The van der Waals surface area contributed by atoms with E-state index in [1.165, 1.54) is 0 Å². The van der Waals surface area contributed by atoms with Gasteiger partial charge in [-0.15, -0.1) is 0 Å². The molecule has 1 aliphatic rings. The van der Waals surface area contributed by atoms with Gasteiger partial charge in [0.2, 0.25) is 0 Å². The number of carbonyl (C=O) groups excluding carboxylic acids is 1. The predicted molar refractivity (Wildman–Crippen MR) is 80.5 cm³/mol. The second kappa shape index (κ2) is 6.86. The molecule has 0 aliphatic carbocycles. The molecule has 0 atom stereocenters. The molecule has 0 spiro atoms. The molecule has 0 bridgehead atoms. The van der Waals surface area contributed by atoms with Gasteiger partial charge in [-0.25, -0.2) is 0 Å². The van der Waals surface area contributed by atoms with E-state index < -0.39 is 0 Å². The van der Waals surface area contributed by atoms with Crippen LogP contribution in [0.1, 0.15) is 23.2 Å². The Bertz CT molecular complexity index is 452. The lowest BCUT2D eigenvalue weighted by Crippen LogP contribution is -2.43. The van der Waals surface area contributed by atoms with Crippen molar-refractivity contribution < 1.29 is 9.53 Å². The maximum absolute atomic E-state index is 12.3. The van der Waals surface area contributed by atoms with E-state index in [1.807, 2.05) is 24.3 Å². The van der Waals surface area contributed by atoms with Crippen molar-refractivity contribution in [1.29, 1.82) is 0 Å². The summed E-state index contributed by atoms with van der Waals surface area (Å²) in [7, 11) is 5.87. The van der Waals surface area contributed by atoms with Crippen LogP contribution in [0.25, 0.3) is 0 Å². The summed E-state index contributed by atoms with van der Waals surface area (Å²) in [4.78, 5) is 16.8. The summed E-state index contributed by atoms with van der Waals surface area (Å²) >= 11 is 0. The Hall–Kier alpha value is -1.39. The maximum Gasteiger partial charge on any atom is 0.176 e. The molecule has 0 radical (unpaired) electrons. The minimum Gasteiger partial charge on any atom is -0.497 e. The number of hydrogen-bond acceptors (Lipinski definition) is 4. The lowest BCUT2D eigenvalue weighted by Gasteiger charge is -2.34. The van der Waals surface area contributed by atoms with E-state index in [2.05, 4.69) is 23.9 Å². The molecule has 1 fully saturated rings. The van der Waals surface area contributed by atoms with Crippen LogP contribution in [0.2, 0.25) is 0 Å². The van der Waals surface area contributed by atoms with E-state index >= 15 is 0 Å². The smallest absolute Gasteiger partial charge is 0.176 e. The van der Waals surface area contributed by atoms with Gasteiger partial charge < -0.3 is 9.64 Å². The van der Waals surface area contributed by atoms with E-state index in [1.54, 1.807) is 7.11 Å². The van der Waals surface area contributed by atoms with Crippen LogP contribution in [-0.2, 0) is 0 Å². The van der Waals surface area contributed by atoms with Crippen LogP contribution in [0.15, 0.2) is 24.3 Å². The highest BCUT2D eigenvalue weighted by Gasteiger charge is 2.22. The molecular formula is C16H24N2O2. The number of ketones is 1. The lowest BCUT2D eigenvalue weighted by molar-refractivity contribution is 0.0873. The van der Waals surface area contributed by atoms with Crippen molar-refractivity contribution in [2.24, 2.45) is 0 Å². The number of hydrogen-bond donors (Lipinski definition) is 0. The van der Waals surface area contributed by atoms with Gasteiger partial charge in [-0.05, 0) is 39.1 Å². The Kier molecular flexibility index (Phi) is 5.15. The molecule has 1 saturated heterocycles. The number of piperidine rings is 1. The highest BCUT2D eigenvalue weighted by molar-refractivity contribution is 5.97. The normalized spacial score (nSPS) is 17.4. The number of Topliss-reactive ketones (excluding diaryl/α,β-unsaturated/α-hetero) is 1. The number of carbonyl (C=O) groups is 1. The summed E-state index contributed by atoms with van der Waals surface area (Å²) in [6.45, 7) is 2.50. The summed E-state index contributed by atoms with van der Waals surface area (Å²) < 4.78 is 5.16. The van der Waals surface area contributed by atoms with Gasteiger partial charge >= 0.3 is 0 Å². The Morgan fingerprint density at radius 1 is 1.35 bits per heavy atom. The fourth-order valence-corrected chi connectivity index (χ4v) is 2.68. The summed E-state index contributed by atoms with van der Waals surface area (Å²) in [5.74, 6) is 0.911. The first-order valence-corrected chi connectivity index (χ1v) is 7.16. The van der Waals surface area contributed by atoms with Crippen LogP contribution in [-0.4, -0.2) is 62.5 Å². The molecule has 0 unspecified atom stereocenters. The topological polar surface area (TPSA) is 32.8 Å². The van der Waals surface area contributed by atoms with Crippen molar-refractivity contribution in [2.45, 2.75) is 18.9 Å². The van der Waals surface area contributed by atoms with Crippen LogP contribution >= 0.6 is 0 Å². The van der Waals surface area contributed by atoms with E-state index in [0.717, 1.165) is 37.2 Å². The molecular weight excluding hydrogens is 252 g/mol. The first kappa shape index (κ1) is 15.0. The standard InChI is InChI=1S/C16H24N2O2/c1-17(2)14-7-9-18(10-8-14)12-16(19)13-5-4-6-15(11-13)20-3/h4-6,11,14H,7-10,12H2,1-3H3. The molecule has 1 aromatic rings. The van der Waals surface area contributed by atoms with Crippen molar-refractivity contribution in [3.63, 3.8) is 0 Å². The fraction of sp³-hybridized carbons (Fsp3) is 0.562. The first-order valence-electron chi connectivity index (χ1n) is 7.16. The van der Waals surface area contributed by atoms with Gasteiger partial charge in [0, 0.05) is 24.7 Å². The Balaban J connectivity index is 1.89. The van der Waals surface area contributed by atoms with E-state index in [9.17, 15) is 4.79 Å². The molecule has 110 valence electrons. The molecule has 2 rings (SSSR count).